The Hall–Kier alpha value is -7.37. The van der Waals surface area contributed by atoms with Crippen molar-refractivity contribution in [2.24, 2.45) is 11.8 Å². The molecule has 458 valence electrons. The van der Waals surface area contributed by atoms with E-state index in [4.69, 9.17) is 15.6 Å². The van der Waals surface area contributed by atoms with Gasteiger partial charge >= 0.3 is 11.4 Å². The summed E-state index contributed by atoms with van der Waals surface area (Å²) in [5.41, 5.74) is 10.5. The number of aryl methyl sites for hydroxylation is 2. The normalized spacial score (nSPS) is 20.2. The molecule has 6 aromatic rings. The Morgan fingerprint density at radius 1 is 0.930 bits per heavy atom. The number of ether oxygens (including phenoxy) is 1. The quantitative estimate of drug-likeness (QED) is 0.0431. The van der Waals surface area contributed by atoms with Crippen molar-refractivity contribution in [3.8, 4) is 0 Å². The summed E-state index contributed by atoms with van der Waals surface area (Å²) in [4.78, 5) is 91.5. The highest BCUT2D eigenvalue weighted by atomic mass is 32.2. The topological polar surface area (TPSA) is 280 Å². The number of nitrogens with zero attached hydrogens (tertiary/aromatic N) is 6. The van der Waals surface area contributed by atoms with Crippen LogP contribution in [0.3, 0.4) is 0 Å². The monoisotopic (exact) mass is 1190 g/mol. The predicted octanol–water partition coefficient (Wildman–Crippen LogP) is 5.19. The van der Waals surface area contributed by atoms with Crippen molar-refractivity contribution < 1.29 is 34.4 Å². The van der Waals surface area contributed by atoms with Gasteiger partial charge in [-0.15, -0.1) is 11.8 Å². The summed E-state index contributed by atoms with van der Waals surface area (Å²) in [5.74, 6) is 0.0464. The Morgan fingerprint density at radius 3 is 2.30 bits per heavy atom. The number of aromatic nitrogens is 5. The molecule has 2 aliphatic heterocycles. The number of thioether (sulfide) groups is 1. The fraction of sp³-hybridized carbons (Fsp3) is 0.446. The van der Waals surface area contributed by atoms with Crippen LogP contribution in [0.15, 0.2) is 136 Å². The van der Waals surface area contributed by atoms with E-state index in [1.165, 1.54) is 20.9 Å². The lowest BCUT2D eigenvalue weighted by atomic mass is 9.91. The minimum atomic E-state index is -0.833. The average Bonchev–Trinajstić information content (AvgIpc) is 1.72. The molecule has 20 nitrogen and oxygen atoms in total. The van der Waals surface area contributed by atoms with Crippen molar-refractivity contribution in [3.63, 3.8) is 0 Å². The number of ketones is 1. The van der Waals surface area contributed by atoms with Gasteiger partial charge in [-0.2, -0.15) is 4.98 Å². The fourth-order valence-electron chi connectivity index (χ4n) is 11.6. The van der Waals surface area contributed by atoms with Gasteiger partial charge < -0.3 is 36.4 Å². The van der Waals surface area contributed by atoms with Gasteiger partial charge in [0.25, 0.3) is 5.56 Å². The van der Waals surface area contributed by atoms with Gasteiger partial charge in [-0.25, -0.2) is 9.59 Å². The standard InChI is InChI=1S/C36H47N5O4.C21H24N2O3.C8H11N3O3S/c1-36(2,3)39-35(45)31-24-40(22-26-12-9-15-37-21-26)16-17-41(31)23-29(42)19-28(18-25-10-5-4-6-11-25)34(44)38-33-30-14-8-7-13-27(30)20-32(33)43;1-4-17-18(19(24)16-10-13(2)9-14(3)11-16)23(21(26)22-20(17)25)12-15-7-5-6-8-15;9-5-1-2-11(8(13)10-5)6-4-15-7(3-12)14-6/h4-15,21,28-29,31-33,42-43H,16-20,22-24H2,1-3H3,(H,38,44)(H,39,45);5-6,9-11,15H,4,7-8,12H2,1-3H3,(H,22,25,26);1-2,6-7,12H,3-4H2,(H2,9,10,13)/t28-,29+,31+,32-,33+;;6-,7-/m1.1/s1. The molecule has 8 N–H and O–H groups in total. The molecule has 0 radical (unpaired) electrons. The first kappa shape index (κ1) is 64.6. The third-order valence-electron chi connectivity index (χ3n) is 15.6. The van der Waals surface area contributed by atoms with Gasteiger partial charge in [0.05, 0.1) is 24.9 Å². The second-order valence-electron chi connectivity index (χ2n) is 23.7. The van der Waals surface area contributed by atoms with Crippen molar-refractivity contribution in [1.82, 2.24) is 44.5 Å². The fourth-order valence-corrected chi connectivity index (χ4v) is 12.5. The zero-order chi connectivity index (χ0) is 61.7. The van der Waals surface area contributed by atoms with Crippen LogP contribution in [-0.2, 0) is 46.7 Å². The molecule has 21 heteroatoms. The molecule has 2 amide bonds. The van der Waals surface area contributed by atoms with Crippen molar-refractivity contribution in [2.45, 2.75) is 135 Å². The Kier molecular flexibility index (Phi) is 22.4. The van der Waals surface area contributed by atoms with E-state index in [2.05, 4.69) is 47.5 Å². The maximum Gasteiger partial charge on any atom is 0.351 e. The van der Waals surface area contributed by atoms with Crippen LogP contribution in [0.25, 0.3) is 0 Å². The van der Waals surface area contributed by atoms with Crippen LogP contribution < -0.4 is 33.3 Å². The van der Waals surface area contributed by atoms with E-state index in [9.17, 15) is 39.0 Å². The number of nitrogens with one attached hydrogen (secondary N) is 3. The van der Waals surface area contributed by atoms with E-state index < -0.39 is 52.7 Å². The number of fused-ring (bicyclic) bond motifs is 1. The van der Waals surface area contributed by atoms with Gasteiger partial charge in [0.1, 0.15) is 29.2 Å². The molecule has 7 atom stereocenters. The smallest absolute Gasteiger partial charge is 0.351 e. The number of nitrogen functional groups attached to an aromatic ring is 1. The number of benzene rings is 3. The summed E-state index contributed by atoms with van der Waals surface area (Å²) in [7, 11) is 0. The predicted molar refractivity (Wildman–Crippen MR) is 332 cm³/mol. The number of aliphatic hydroxyl groups excluding tert-OH is 3. The molecule has 2 saturated heterocycles. The third-order valence-corrected chi connectivity index (χ3v) is 16.8. The number of carbonyl (C=O) groups is 3. The molecule has 5 heterocycles. The summed E-state index contributed by atoms with van der Waals surface area (Å²) in [6, 6.07) is 27.8. The number of allylic oxidation sites excluding steroid dienone is 2. The number of nitrogens with two attached hydrogens (primary N) is 1. The average molecular weight is 1200 g/mol. The summed E-state index contributed by atoms with van der Waals surface area (Å²) in [5, 5.41) is 37.4. The summed E-state index contributed by atoms with van der Waals surface area (Å²) < 4.78 is 8.26. The van der Waals surface area contributed by atoms with E-state index in [1.54, 1.807) is 18.5 Å². The number of β-amino-alcohol motifs (C(OH)–C–C–N with tert-alkyl or cyclic N) is 1. The molecule has 2 fully saturated rings. The molecule has 0 saturated carbocycles. The Bertz CT molecular complexity index is 3470. The van der Waals surface area contributed by atoms with Crippen LogP contribution in [0.2, 0.25) is 0 Å². The molecular weight excluding hydrogens is 1110 g/mol. The number of carbonyl (C=O) groups excluding carboxylic acids is 3. The van der Waals surface area contributed by atoms with Crippen LogP contribution in [-0.4, -0.2) is 135 Å². The molecule has 0 bridgehead atoms. The van der Waals surface area contributed by atoms with Gasteiger partial charge in [0, 0.05) is 92.6 Å². The maximum atomic E-state index is 13.8. The molecular formula is C65H82N10O10S. The Morgan fingerprint density at radius 2 is 1.64 bits per heavy atom. The minimum absolute atomic E-state index is 0.0572. The zero-order valence-electron chi connectivity index (χ0n) is 49.9. The van der Waals surface area contributed by atoms with Crippen molar-refractivity contribution >= 4 is 35.2 Å². The molecule has 4 aliphatic rings. The van der Waals surface area contributed by atoms with Gasteiger partial charge in [-0.1, -0.05) is 96.9 Å². The lowest BCUT2D eigenvalue weighted by Crippen LogP contribution is -2.61. The lowest BCUT2D eigenvalue weighted by Gasteiger charge is -2.42. The molecule has 0 unspecified atom stereocenters. The van der Waals surface area contributed by atoms with Crippen LogP contribution in [0, 0.1) is 25.7 Å². The van der Waals surface area contributed by atoms with Gasteiger partial charge in [0.15, 0.2) is 0 Å². The van der Waals surface area contributed by atoms with Crippen LogP contribution in [0.5, 0.6) is 0 Å². The minimum Gasteiger partial charge on any atom is -0.393 e. The first-order chi connectivity index (χ1) is 41.2. The number of anilines is 1. The third kappa shape index (κ3) is 17.4. The molecule has 86 heavy (non-hydrogen) atoms. The summed E-state index contributed by atoms with van der Waals surface area (Å²) >= 11 is 1.47. The zero-order valence-corrected chi connectivity index (χ0v) is 50.8. The van der Waals surface area contributed by atoms with Crippen LogP contribution in [0.4, 0.5) is 5.82 Å². The molecule has 3 aromatic carbocycles. The van der Waals surface area contributed by atoms with Crippen LogP contribution in [0.1, 0.15) is 114 Å². The Balaban J connectivity index is 0.000000195. The second-order valence-corrected chi connectivity index (χ2v) is 24.9. The lowest BCUT2D eigenvalue weighted by molar-refractivity contribution is -0.132. The highest BCUT2D eigenvalue weighted by molar-refractivity contribution is 8.00. The highest BCUT2D eigenvalue weighted by Gasteiger charge is 2.38. The number of piperazine rings is 1. The van der Waals surface area contributed by atoms with Crippen molar-refractivity contribution in [1.29, 1.82) is 0 Å². The van der Waals surface area contributed by atoms with E-state index in [-0.39, 0.29) is 66.3 Å². The molecule has 10 rings (SSSR count). The SMILES string of the molecule is CC(C)(C)NC(=O)[C@@H]1CN(Cc2cccnc2)CCN1C[C@@H](O)C[C@@H](Cc1ccccc1)C(=O)N[C@H]1c2ccccc2C[C@H]1O.CCc1c(C(=O)c2cc(C)cc(C)c2)n(CC2CC=CC2)c(=O)[nH]c1=O.Nc1ccn([C@H]2CS[C@H](CO)O2)c(=O)n1. The molecule has 2 aliphatic carbocycles. The molecule has 0 spiro atoms. The van der Waals surface area contributed by atoms with Crippen molar-refractivity contribution in [3.05, 3.63) is 203 Å². The molecule has 3 aromatic heterocycles. The number of aromatic amines is 1. The second kappa shape index (κ2) is 29.8. The van der Waals surface area contributed by atoms with E-state index in [0.29, 0.717) is 62.3 Å². The number of rotatable bonds is 18. The number of hydrogen-bond acceptors (Lipinski definition) is 16. The van der Waals surface area contributed by atoms with Gasteiger partial charge in [-0.05, 0) is 119 Å². The maximum absolute atomic E-state index is 13.8. The van der Waals surface area contributed by atoms with Gasteiger partial charge in [0.2, 0.25) is 17.6 Å². The van der Waals surface area contributed by atoms with E-state index >= 15 is 0 Å². The van der Waals surface area contributed by atoms with E-state index in [0.717, 1.165) is 52.8 Å². The first-order valence-electron chi connectivity index (χ1n) is 29.5. The van der Waals surface area contributed by atoms with Crippen molar-refractivity contribution in [2.75, 3.05) is 44.3 Å². The van der Waals surface area contributed by atoms with Gasteiger partial charge in [-0.3, -0.25) is 48.1 Å². The Labute approximate surface area is 505 Å². The van der Waals surface area contributed by atoms with E-state index in [1.807, 2.05) is 133 Å². The first-order valence-corrected chi connectivity index (χ1v) is 30.5. The highest BCUT2D eigenvalue weighted by Crippen LogP contribution is 2.33. The summed E-state index contributed by atoms with van der Waals surface area (Å²) in [6.45, 7) is 14.8. The largest absolute Gasteiger partial charge is 0.393 e. The number of hydrogen-bond donors (Lipinski definition) is 7. The number of H-pyrrole nitrogens is 1. The summed E-state index contributed by atoms with van der Waals surface area (Å²) in [6.07, 6.45) is 10.8. The number of amides is 2. The van der Waals surface area contributed by atoms with Crippen LogP contribution >= 0.6 is 11.8 Å². The number of pyridine rings is 1. The number of aliphatic hydroxyl groups is 3.